The maximum Gasteiger partial charge on any atom is 0.0326 e. The summed E-state index contributed by atoms with van der Waals surface area (Å²) < 4.78 is 1.20. The Morgan fingerprint density at radius 1 is 1.30 bits per heavy atom. The lowest BCUT2D eigenvalue weighted by molar-refractivity contribution is 0.497. The Labute approximate surface area is 134 Å². The van der Waals surface area contributed by atoms with Gasteiger partial charge in [-0.1, -0.05) is 35.0 Å². The zero-order chi connectivity index (χ0) is 14.4. The van der Waals surface area contributed by atoms with Crippen LogP contribution in [0.2, 0.25) is 0 Å². The summed E-state index contributed by atoms with van der Waals surface area (Å²) in [6.07, 6.45) is 3.45. The number of thiophene rings is 1. The highest BCUT2D eigenvalue weighted by Gasteiger charge is 2.14. The fraction of sp³-hybridized carbons (Fsp3) is 0.412. The Hall–Kier alpha value is -0.640. The van der Waals surface area contributed by atoms with Crippen molar-refractivity contribution in [3.05, 3.63) is 56.2 Å². The fourth-order valence-electron chi connectivity index (χ4n) is 2.43. The van der Waals surface area contributed by atoms with E-state index in [2.05, 4.69) is 70.1 Å². The topological polar surface area (TPSA) is 12.0 Å². The first kappa shape index (κ1) is 15.7. The Kier molecular flexibility index (Phi) is 6.27. The molecule has 0 saturated heterocycles. The maximum atomic E-state index is 3.70. The monoisotopic (exact) mass is 351 g/mol. The first-order chi connectivity index (χ1) is 9.72. The second kappa shape index (κ2) is 7.96. The van der Waals surface area contributed by atoms with E-state index in [0.29, 0.717) is 6.04 Å². The van der Waals surface area contributed by atoms with Crippen LogP contribution in [0, 0.1) is 6.92 Å². The van der Waals surface area contributed by atoms with Crippen molar-refractivity contribution in [2.75, 3.05) is 6.54 Å². The minimum absolute atomic E-state index is 0.437. The van der Waals surface area contributed by atoms with Crippen molar-refractivity contribution < 1.29 is 0 Å². The summed E-state index contributed by atoms with van der Waals surface area (Å²) in [4.78, 5) is 0. The molecule has 20 heavy (non-hydrogen) atoms. The highest BCUT2D eigenvalue weighted by Crippen LogP contribution is 2.27. The third-order valence-corrected chi connectivity index (χ3v) is 5.22. The lowest BCUT2D eigenvalue weighted by Gasteiger charge is -2.21. The van der Waals surface area contributed by atoms with Crippen molar-refractivity contribution in [2.24, 2.45) is 0 Å². The zero-order valence-corrected chi connectivity index (χ0v) is 14.6. The second-order valence-electron chi connectivity index (χ2n) is 5.13. The third kappa shape index (κ3) is 4.18. The Morgan fingerprint density at radius 2 is 2.15 bits per heavy atom. The van der Waals surface area contributed by atoms with Crippen LogP contribution < -0.4 is 5.32 Å². The van der Waals surface area contributed by atoms with Crippen LogP contribution in [-0.4, -0.2) is 6.54 Å². The van der Waals surface area contributed by atoms with E-state index in [4.69, 9.17) is 0 Å². The molecule has 1 nitrogen and oxygen atoms in total. The SMILES string of the molecule is CCCNC(CCc1ccsc1)c1cccc(Br)c1C. The van der Waals surface area contributed by atoms with Crippen LogP contribution >= 0.6 is 27.3 Å². The minimum atomic E-state index is 0.437. The summed E-state index contributed by atoms with van der Waals surface area (Å²) in [7, 11) is 0. The van der Waals surface area contributed by atoms with Gasteiger partial charge in [0, 0.05) is 10.5 Å². The molecule has 0 amide bonds. The number of nitrogens with one attached hydrogen (secondary N) is 1. The van der Waals surface area contributed by atoms with Gasteiger partial charge in [0.05, 0.1) is 0 Å². The van der Waals surface area contributed by atoms with Gasteiger partial charge in [0.2, 0.25) is 0 Å². The molecule has 3 heteroatoms. The first-order valence-corrected chi connectivity index (χ1v) is 8.95. The molecule has 1 unspecified atom stereocenters. The van der Waals surface area contributed by atoms with E-state index >= 15 is 0 Å². The lowest BCUT2D eigenvalue weighted by Crippen LogP contribution is -2.23. The van der Waals surface area contributed by atoms with Crippen LogP contribution in [0.15, 0.2) is 39.5 Å². The standard InChI is InChI=1S/C17H22BrNS/c1-3-10-19-17(8-7-14-9-11-20-12-14)15-5-4-6-16(18)13(15)2/h4-6,9,11-12,17,19H,3,7-8,10H2,1-2H3. The summed E-state index contributed by atoms with van der Waals surface area (Å²) in [6.45, 7) is 5.49. The predicted octanol–water partition coefficient (Wildman–Crippen LogP) is 5.49. The lowest BCUT2D eigenvalue weighted by atomic mass is 9.96. The first-order valence-electron chi connectivity index (χ1n) is 7.21. The van der Waals surface area contributed by atoms with Gasteiger partial charge in [0.25, 0.3) is 0 Å². The second-order valence-corrected chi connectivity index (χ2v) is 6.77. The van der Waals surface area contributed by atoms with Gasteiger partial charge in [-0.25, -0.2) is 0 Å². The van der Waals surface area contributed by atoms with Gasteiger partial charge in [0.15, 0.2) is 0 Å². The molecular formula is C17H22BrNS. The fourth-order valence-corrected chi connectivity index (χ4v) is 3.52. The summed E-state index contributed by atoms with van der Waals surface area (Å²) in [5.41, 5.74) is 4.22. The van der Waals surface area contributed by atoms with Gasteiger partial charge < -0.3 is 5.32 Å². The number of rotatable bonds is 7. The van der Waals surface area contributed by atoms with E-state index in [1.54, 1.807) is 11.3 Å². The summed E-state index contributed by atoms with van der Waals surface area (Å²) in [5.74, 6) is 0. The Bertz CT molecular complexity index is 522. The molecule has 1 atom stereocenters. The van der Waals surface area contributed by atoms with Crippen molar-refractivity contribution in [3.63, 3.8) is 0 Å². The van der Waals surface area contributed by atoms with Gasteiger partial charge in [-0.2, -0.15) is 11.3 Å². The molecule has 0 aliphatic heterocycles. The van der Waals surface area contributed by atoms with Crippen LogP contribution in [0.1, 0.15) is 42.5 Å². The van der Waals surface area contributed by atoms with Crippen molar-refractivity contribution >= 4 is 27.3 Å². The molecule has 1 aromatic carbocycles. The highest BCUT2D eigenvalue weighted by atomic mass is 79.9. The Balaban J connectivity index is 2.11. The van der Waals surface area contributed by atoms with E-state index in [-0.39, 0.29) is 0 Å². The molecule has 0 spiro atoms. The molecular weight excluding hydrogens is 330 g/mol. The summed E-state index contributed by atoms with van der Waals surface area (Å²) in [6, 6.07) is 9.18. The molecule has 0 saturated carbocycles. The van der Waals surface area contributed by atoms with Gasteiger partial charge in [-0.05, 0) is 72.3 Å². The highest BCUT2D eigenvalue weighted by molar-refractivity contribution is 9.10. The minimum Gasteiger partial charge on any atom is -0.310 e. The van der Waals surface area contributed by atoms with Crippen molar-refractivity contribution in [2.45, 2.75) is 39.2 Å². The van der Waals surface area contributed by atoms with E-state index in [1.807, 2.05) is 0 Å². The van der Waals surface area contributed by atoms with Crippen molar-refractivity contribution in [3.8, 4) is 0 Å². The van der Waals surface area contributed by atoms with Crippen LogP contribution in [0.3, 0.4) is 0 Å². The largest absolute Gasteiger partial charge is 0.310 e. The third-order valence-electron chi connectivity index (χ3n) is 3.63. The van der Waals surface area contributed by atoms with Gasteiger partial charge >= 0.3 is 0 Å². The maximum absolute atomic E-state index is 3.70. The number of hydrogen-bond donors (Lipinski definition) is 1. The number of hydrogen-bond acceptors (Lipinski definition) is 2. The van der Waals surface area contributed by atoms with E-state index < -0.39 is 0 Å². The van der Waals surface area contributed by atoms with Crippen LogP contribution in [0.5, 0.6) is 0 Å². The predicted molar refractivity (Wildman–Crippen MR) is 92.6 cm³/mol. The van der Waals surface area contributed by atoms with Gasteiger partial charge in [-0.3, -0.25) is 0 Å². The molecule has 0 aliphatic carbocycles. The molecule has 0 aliphatic rings. The summed E-state index contributed by atoms with van der Waals surface area (Å²) >= 11 is 5.43. The van der Waals surface area contributed by atoms with Crippen LogP contribution in [0.25, 0.3) is 0 Å². The van der Waals surface area contributed by atoms with E-state index in [0.717, 1.165) is 19.4 Å². The molecule has 1 heterocycles. The molecule has 0 radical (unpaired) electrons. The summed E-state index contributed by atoms with van der Waals surface area (Å²) in [5, 5.41) is 8.11. The average molecular weight is 352 g/mol. The molecule has 2 rings (SSSR count). The van der Waals surface area contributed by atoms with E-state index in [1.165, 1.54) is 27.6 Å². The van der Waals surface area contributed by atoms with Crippen LogP contribution in [-0.2, 0) is 6.42 Å². The molecule has 2 aromatic rings. The number of halogens is 1. The molecule has 1 N–H and O–H groups in total. The molecule has 0 fully saturated rings. The zero-order valence-electron chi connectivity index (χ0n) is 12.2. The molecule has 0 bridgehead atoms. The molecule has 108 valence electrons. The van der Waals surface area contributed by atoms with Crippen molar-refractivity contribution in [1.82, 2.24) is 5.32 Å². The van der Waals surface area contributed by atoms with Crippen LogP contribution in [0.4, 0.5) is 0 Å². The molecule has 1 aromatic heterocycles. The smallest absolute Gasteiger partial charge is 0.0326 e. The number of benzene rings is 1. The van der Waals surface area contributed by atoms with Crippen molar-refractivity contribution in [1.29, 1.82) is 0 Å². The normalized spacial score (nSPS) is 12.6. The Morgan fingerprint density at radius 3 is 2.85 bits per heavy atom. The quantitative estimate of drug-likeness (QED) is 0.694. The average Bonchev–Trinajstić information content (AvgIpc) is 2.96. The van der Waals surface area contributed by atoms with Gasteiger partial charge in [0.1, 0.15) is 0 Å². The van der Waals surface area contributed by atoms with E-state index in [9.17, 15) is 0 Å². The van der Waals surface area contributed by atoms with Gasteiger partial charge in [-0.15, -0.1) is 0 Å². The number of aryl methyl sites for hydroxylation is 1.